The van der Waals surface area contributed by atoms with E-state index in [9.17, 15) is 9.59 Å². The van der Waals surface area contributed by atoms with Gasteiger partial charge >= 0.3 is 12.1 Å². The molecule has 1 saturated carbocycles. The van der Waals surface area contributed by atoms with E-state index in [-0.39, 0.29) is 31.3 Å². The third-order valence-corrected chi connectivity index (χ3v) is 7.97. The molecule has 1 heterocycles. The van der Waals surface area contributed by atoms with Crippen LogP contribution >= 0.6 is 0 Å². The molecule has 202 valence electrons. The zero-order valence-electron chi connectivity index (χ0n) is 22.1. The molecule has 0 radical (unpaired) electrons. The van der Waals surface area contributed by atoms with Gasteiger partial charge in [-0.15, -0.1) is 0 Å². The van der Waals surface area contributed by atoms with E-state index in [1.807, 2.05) is 24.3 Å². The van der Waals surface area contributed by atoms with E-state index in [0.29, 0.717) is 18.9 Å². The van der Waals surface area contributed by atoms with Gasteiger partial charge < -0.3 is 18.9 Å². The van der Waals surface area contributed by atoms with E-state index in [1.54, 1.807) is 7.11 Å². The van der Waals surface area contributed by atoms with Gasteiger partial charge in [-0.3, -0.25) is 4.90 Å². The number of fused-ring (bicyclic) bond motifs is 3. The monoisotopic (exact) mass is 519 g/mol. The van der Waals surface area contributed by atoms with Crippen LogP contribution < -0.4 is 0 Å². The Balaban J connectivity index is 1.26. The van der Waals surface area contributed by atoms with Gasteiger partial charge in [-0.1, -0.05) is 67.6 Å². The molecular weight excluding hydrogens is 482 g/mol. The van der Waals surface area contributed by atoms with Crippen molar-refractivity contribution in [2.24, 2.45) is 5.92 Å². The molecule has 1 saturated heterocycles. The fourth-order valence-corrected chi connectivity index (χ4v) is 6.26. The Labute approximate surface area is 224 Å². The van der Waals surface area contributed by atoms with Gasteiger partial charge in [0.15, 0.2) is 0 Å². The lowest BCUT2D eigenvalue weighted by Gasteiger charge is -2.30. The summed E-state index contributed by atoms with van der Waals surface area (Å²) in [6.07, 6.45) is 5.40. The van der Waals surface area contributed by atoms with Crippen LogP contribution in [0, 0.1) is 5.92 Å². The van der Waals surface area contributed by atoms with E-state index >= 15 is 0 Å². The molecule has 0 bridgehead atoms. The minimum Gasteiger partial charge on any atom is -0.460 e. The lowest BCUT2D eigenvalue weighted by atomic mass is 9.87. The molecule has 7 heteroatoms. The number of rotatable bonds is 9. The van der Waals surface area contributed by atoms with Crippen molar-refractivity contribution in [3.8, 4) is 11.1 Å². The van der Waals surface area contributed by atoms with Gasteiger partial charge in [-0.2, -0.15) is 0 Å². The fourth-order valence-electron chi connectivity index (χ4n) is 6.26. The number of carbonyl (C=O) groups is 2. The van der Waals surface area contributed by atoms with Gasteiger partial charge in [0.25, 0.3) is 0 Å². The largest absolute Gasteiger partial charge is 0.460 e. The normalized spacial score (nSPS) is 24.5. The molecule has 3 unspecified atom stereocenters. The quantitative estimate of drug-likeness (QED) is 0.329. The standard InChI is InChI=1S/C31H37NO6/c1-3-15-36-30(33)29-17-23(38-22-10-8-9-21(16-22)19-35-2)18-32(29)31(34)37-20-28-26-13-6-4-11-24(26)25-12-5-7-14-27(25)28/h3-7,11-14,21-23,28-29H,1,8-10,15-20H2,2H3/t21?,22?,23?,29-/m0/s1. The average molecular weight is 520 g/mol. The summed E-state index contributed by atoms with van der Waals surface area (Å²) in [5.41, 5.74) is 4.64. The smallest absolute Gasteiger partial charge is 0.410 e. The van der Waals surface area contributed by atoms with Crippen molar-refractivity contribution in [2.45, 2.75) is 56.3 Å². The Morgan fingerprint density at radius 2 is 1.66 bits per heavy atom. The number of amides is 1. The molecule has 38 heavy (non-hydrogen) atoms. The Kier molecular flexibility index (Phi) is 8.45. The molecule has 3 aliphatic rings. The maximum absolute atomic E-state index is 13.4. The van der Waals surface area contributed by atoms with Crippen molar-refractivity contribution in [3.05, 3.63) is 72.3 Å². The highest BCUT2D eigenvalue weighted by molar-refractivity contribution is 5.83. The number of hydrogen-bond donors (Lipinski definition) is 0. The summed E-state index contributed by atoms with van der Waals surface area (Å²) in [6.45, 7) is 4.95. The highest BCUT2D eigenvalue weighted by Gasteiger charge is 2.43. The predicted octanol–water partition coefficient (Wildman–Crippen LogP) is 5.33. The summed E-state index contributed by atoms with van der Waals surface area (Å²) < 4.78 is 23.0. The first-order valence-electron chi connectivity index (χ1n) is 13.6. The first-order valence-corrected chi connectivity index (χ1v) is 13.6. The SMILES string of the molecule is C=CCOC(=O)[C@@H]1CC(OC2CCCC(COC)C2)CN1C(=O)OCC1c2ccccc2-c2ccccc21. The fraction of sp³-hybridized carbons (Fsp3) is 0.484. The predicted molar refractivity (Wildman–Crippen MR) is 144 cm³/mol. The van der Waals surface area contributed by atoms with Gasteiger partial charge in [0.1, 0.15) is 19.3 Å². The Morgan fingerprint density at radius 1 is 0.947 bits per heavy atom. The van der Waals surface area contributed by atoms with Gasteiger partial charge in [0, 0.05) is 26.1 Å². The van der Waals surface area contributed by atoms with Gasteiger partial charge in [-0.25, -0.2) is 9.59 Å². The highest BCUT2D eigenvalue weighted by Crippen LogP contribution is 2.44. The summed E-state index contributed by atoms with van der Waals surface area (Å²) in [5.74, 6) is -0.0238. The summed E-state index contributed by atoms with van der Waals surface area (Å²) in [6, 6.07) is 15.7. The lowest BCUT2D eigenvalue weighted by molar-refractivity contribution is -0.147. The maximum Gasteiger partial charge on any atom is 0.410 e. The van der Waals surface area contributed by atoms with Crippen molar-refractivity contribution in [1.82, 2.24) is 4.90 Å². The van der Waals surface area contributed by atoms with E-state index in [0.717, 1.165) is 43.4 Å². The molecule has 1 aliphatic heterocycles. The van der Waals surface area contributed by atoms with Crippen molar-refractivity contribution < 1.29 is 28.5 Å². The molecule has 2 aromatic carbocycles. The van der Waals surface area contributed by atoms with Crippen LogP contribution in [0.1, 0.15) is 49.1 Å². The number of nitrogens with zero attached hydrogens (tertiary/aromatic N) is 1. The van der Waals surface area contributed by atoms with Gasteiger partial charge in [0.2, 0.25) is 0 Å². The zero-order chi connectivity index (χ0) is 26.5. The molecular formula is C31H37NO6. The van der Waals surface area contributed by atoms with Crippen LogP contribution in [0.5, 0.6) is 0 Å². The number of carbonyl (C=O) groups excluding carboxylic acids is 2. The van der Waals surface area contributed by atoms with Crippen LogP contribution in [0.4, 0.5) is 4.79 Å². The average Bonchev–Trinajstić information content (AvgIpc) is 3.50. The second-order valence-corrected chi connectivity index (χ2v) is 10.5. The second kappa shape index (κ2) is 12.1. The van der Waals surface area contributed by atoms with Crippen LogP contribution in [0.15, 0.2) is 61.2 Å². The molecule has 2 aliphatic carbocycles. The number of hydrogen-bond acceptors (Lipinski definition) is 6. The highest BCUT2D eigenvalue weighted by atomic mass is 16.6. The molecule has 0 spiro atoms. The Bertz CT molecular complexity index is 1100. The minimum absolute atomic E-state index is 0.0490. The molecule has 2 aromatic rings. The molecule has 0 N–H and O–H groups in total. The first kappa shape index (κ1) is 26.4. The first-order chi connectivity index (χ1) is 18.6. The number of benzene rings is 2. The number of ether oxygens (including phenoxy) is 4. The number of likely N-dealkylation sites (tertiary alicyclic amines) is 1. The topological polar surface area (TPSA) is 74.3 Å². The number of esters is 1. The molecule has 7 nitrogen and oxygen atoms in total. The minimum atomic E-state index is -0.742. The summed E-state index contributed by atoms with van der Waals surface area (Å²) in [7, 11) is 1.73. The van der Waals surface area contributed by atoms with E-state index < -0.39 is 18.1 Å². The third kappa shape index (κ3) is 5.64. The second-order valence-electron chi connectivity index (χ2n) is 10.5. The lowest BCUT2D eigenvalue weighted by Crippen LogP contribution is -2.42. The molecule has 1 amide bonds. The summed E-state index contributed by atoms with van der Waals surface area (Å²) in [4.78, 5) is 27.8. The van der Waals surface area contributed by atoms with Crippen LogP contribution in [0.25, 0.3) is 11.1 Å². The summed E-state index contributed by atoms with van der Waals surface area (Å²) in [5, 5.41) is 0. The van der Waals surface area contributed by atoms with Crippen molar-refractivity contribution in [2.75, 3.05) is 33.5 Å². The molecule has 2 fully saturated rings. The van der Waals surface area contributed by atoms with Crippen molar-refractivity contribution >= 4 is 12.1 Å². The third-order valence-electron chi connectivity index (χ3n) is 7.97. The number of methoxy groups -OCH3 is 1. The van der Waals surface area contributed by atoms with Crippen LogP contribution in [-0.4, -0.2) is 68.7 Å². The van der Waals surface area contributed by atoms with Crippen molar-refractivity contribution in [3.63, 3.8) is 0 Å². The van der Waals surface area contributed by atoms with E-state index in [2.05, 4.69) is 30.8 Å². The van der Waals surface area contributed by atoms with E-state index in [4.69, 9.17) is 18.9 Å². The molecule has 5 rings (SSSR count). The molecule has 4 atom stereocenters. The zero-order valence-corrected chi connectivity index (χ0v) is 22.1. The van der Waals surface area contributed by atoms with Crippen LogP contribution in [-0.2, 0) is 23.7 Å². The Morgan fingerprint density at radius 3 is 2.34 bits per heavy atom. The molecule has 0 aromatic heterocycles. The van der Waals surface area contributed by atoms with Crippen molar-refractivity contribution in [1.29, 1.82) is 0 Å². The Hall–Kier alpha value is -3.16. The van der Waals surface area contributed by atoms with Crippen LogP contribution in [0.2, 0.25) is 0 Å². The summed E-state index contributed by atoms with van der Waals surface area (Å²) >= 11 is 0. The van der Waals surface area contributed by atoms with Crippen LogP contribution in [0.3, 0.4) is 0 Å². The van der Waals surface area contributed by atoms with E-state index in [1.165, 1.54) is 22.1 Å². The maximum atomic E-state index is 13.4. The van der Waals surface area contributed by atoms with Gasteiger partial charge in [-0.05, 0) is 47.4 Å². The van der Waals surface area contributed by atoms with Gasteiger partial charge in [0.05, 0.1) is 18.8 Å².